The molecular formula is C37H60NO3+. The molecule has 0 radical (unpaired) electrons. The number of carbonyl (C=O) groups is 1. The van der Waals surface area contributed by atoms with Gasteiger partial charge < -0.3 is 14.0 Å². The van der Waals surface area contributed by atoms with Crippen LogP contribution in [0.4, 0.5) is 0 Å². The summed E-state index contributed by atoms with van der Waals surface area (Å²) in [5.41, 5.74) is 2.51. The molecule has 0 N–H and O–H groups in total. The van der Waals surface area contributed by atoms with Crippen LogP contribution in [-0.2, 0) is 22.5 Å². The molecule has 0 aliphatic rings. The molecule has 4 nitrogen and oxygen atoms in total. The molecule has 0 saturated carbocycles. The van der Waals surface area contributed by atoms with E-state index in [4.69, 9.17) is 9.47 Å². The van der Waals surface area contributed by atoms with Crippen molar-refractivity contribution < 1.29 is 18.8 Å². The first-order valence-corrected chi connectivity index (χ1v) is 16.7. The van der Waals surface area contributed by atoms with Crippen molar-refractivity contribution >= 4 is 5.97 Å². The zero-order valence-corrected chi connectivity index (χ0v) is 27.0. The van der Waals surface area contributed by atoms with Crippen LogP contribution in [0, 0.1) is 0 Å². The van der Waals surface area contributed by atoms with Crippen LogP contribution in [0.3, 0.4) is 0 Å². The molecule has 0 aromatic heterocycles. The Kier molecular flexibility index (Phi) is 17.5. The molecule has 41 heavy (non-hydrogen) atoms. The molecule has 0 spiro atoms. The molecule has 0 fully saturated rings. The van der Waals surface area contributed by atoms with E-state index >= 15 is 0 Å². The average Bonchev–Trinajstić information content (AvgIpc) is 2.94. The molecule has 0 bridgehead atoms. The van der Waals surface area contributed by atoms with E-state index in [1.165, 1.54) is 88.2 Å². The molecule has 4 heteroatoms. The van der Waals surface area contributed by atoms with E-state index in [-0.39, 0.29) is 12.0 Å². The minimum absolute atomic E-state index is 0.181. The third-order valence-electron chi connectivity index (χ3n) is 8.19. The Bertz CT molecular complexity index is 942. The number of rotatable bonds is 23. The number of carbonyl (C=O) groups excluding carboxylic acids is 1. The smallest absolute Gasteiger partial charge is 0.368 e. The highest BCUT2D eigenvalue weighted by Crippen LogP contribution is 2.22. The van der Waals surface area contributed by atoms with Gasteiger partial charge in [-0.15, -0.1) is 0 Å². The summed E-state index contributed by atoms with van der Waals surface area (Å²) < 4.78 is 12.8. The van der Waals surface area contributed by atoms with Gasteiger partial charge in [-0.2, -0.15) is 0 Å². The lowest BCUT2D eigenvalue weighted by Crippen LogP contribution is -2.53. The SMILES string of the molecule is CCCCCCCCCCCCCCc1cccc(OC(CCC)OC(=O)C(CC)[N+](C)(C)Cc2ccccc2)c1. The number of ether oxygens (including phenoxy) is 2. The summed E-state index contributed by atoms with van der Waals surface area (Å²) in [4.78, 5) is 13.4. The van der Waals surface area contributed by atoms with Crippen molar-refractivity contribution in [2.45, 2.75) is 142 Å². The van der Waals surface area contributed by atoms with Crippen LogP contribution in [-0.4, -0.2) is 36.9 Å². The molecule has 2 atom stereocenters. The van der Waals surface area contributed by atoms with Crippen LogP contribution >= 0.6 is 0 Å². The maximum Gasteiger partial charge on any atom is 0.368 e. The monoisotopic (exact) mass is 566 g/mol. The van der Waals surface area contributed by atoms with Gasteiger partial charge >= 0.3 is 5.97 Å². The Morgan fingerprint density at radius 3 is 1.88 bits per heavy atom. The minimum atomic E-state index is -0.569. The fourth-order valence-electron chi connectivity index (χ4n) is 5.79. The van der Waals surface area contributed by atoms with Crippen molar-refractivity contribution in [1.82, 2.24) is 0 Å². The predicted molar refractivity (Wildman–Crippen MR) is 173 cm³/mol. The van der Waals surface area contributed by atoms with Gasteiger partial charge in [0, 0.05) is 18.4 Å². The fraction of sp³-hybridized carbons (Fsp3) is 0.649. The van der Waals surface area contributed by atoms with Crippen LogP contribution in [0.15, 0.2) is 54.6 Å². The first kappa shape index (κ1) is 34.9. The summed E-state index contributed by atoms with van der Waals surface area (Å²) in [7, 11) is 4.22. The number of hydrogen-bond donors (Lipinski definition) is 0. The normalized spacial score (nSPS) is 13.1. The number of unbranched alkanes of at least 4 members (excludes halogenated alkanes) is 11. The lowest BCUT2D eigenvalue weighted by molar-refractivity contribution is -0.919. The zero-order chi connectivity index (χ0) is 29.8. The molecule has 2 rings (SSSR count). The third-order valence-corrected chi connectivity index (χ3v) is 8.19. The van der Waals surface area contributed by atoms with Gasteiger partial charge in [0.05, 0.1) is 14.1 Å². The van der Waals surface area contributed by atoms with E-state index in [0.717, 1.165) is 25.1 Å². The Labute approximate surface area is 252 Å². The summed E-state index contributed by atoms with van der Waals surface area (Å²) in [5.74, 6) is 0.610. The number of esters is 1. The van der Waals surface area contributed by atoms with Gasteiger partial charge in [-0.25, -0.2) is 4.79 Å². The van der Waals surface area contributed by atoms with Crippen LogP contribution in [0.25, 0.3) is 0 Å². The first-order chi connectivity index (χ1) is 19.9. The molecule has 0 heterocycles. The second-order valence-electron chi connectivity index (χ2n) is 12.4. The number of quaternary nitrogens is 1. The molecule has 0 aliphatic heterocycles. The van der Waals surface area contributed by atoms with Crippen LogP contribution in [0.5, 0.6) is 5.75 Å². The van der Waals surface area contributed by atoms with Gasteiger partial charge in [-0.1, -0.05) is 134 Å². The van der Waals surface area contributed by atoms with Gasteiger partial charge in [0.25, 0.3) is 0 Å². The standard InChI is InChI=1S/C37H60NO3/c1-6-9-10-11-12-13-14-15-16-17-18-20-25-32-28-23-29-34(30-32)40-36(24-7-2)41-37(39)35(8-3)38(4,5)31-33-26-21-19-22-27-33/h19,21-23,26-30,35-36H,6-18,20,24-25,31H2,1-5H3/q+1. The van der Waals surface area contributed by atoms with Crippen molar-refractivity contribution in [3.05, 3.63) is 65.7 Å². The van der Waals surface area contributed by atoms with Crippen molar-refractivity contribution in [1.29, 1.82) is 0 Å². The van der Waals surface area contributed by atoms with E-state index in [1.807, 2.05) is 24.3 Å². The fourth-order valence-corrected chi connectivity index (χ4v) is 5.79. The molecule has 230 valence electrons. The molecule has 2 aromatic rings. The van der Waals surface area contributed by atoms with Gasteiger partial charge in [0.15, 0.2) is 6.04 Å². The summed E-state index contributed by atoms with van der Waals surface area (Å²) in [6.45, 7) is 7.21. The predicted octanol–water partition coefficient (Wildman–Crippen LogP) is 10.0. The second-order valence-corrected chi connectivity index (χ2v) is 12.4. The number of hydrogen-bond acceptors (Lipinski definition) is 3. The first-order valence-electron chi connectivity index (χ1n) is 16.7. The summed E-state index contributed by atoms with van der Waals surface area (Å²) >= 11 is 0. The van der Waals surface area contributed by atoms with Crippen LogP contribution < -0.4 is 4.74 Å². The summed E-state index contributed by atoms with van der Waals surface area (Å²) in [5, 5.41) is 0. The summed E-state index contributed by atoms with van der Waals surface area (Å²) in [6.07, 6.45) is 19.1. The number of likely N-dealkylation sites (N-methyl/N-ethyl adjacent to an activating group) is 1. The van der Waals surface area contributed by atoms with E-state index in [0.29, 0.717) is 17.3 Å². The van der Waals surface area contributed by atoms with Crippen molar-refractivity contribution in [2.75, 3.05) is 14.1 Å². The third kappa shape index (κ3) is 14.4. The average molecular weight is 567 g/mol. The van der Waals surface area contributed by atoms with Crippen LogP contribution in [0.1, 0.15) is 128 Å². The number of aryl methyl sites for hydroxylation is 1. The number of nitrogens with zero attached hydrogens (tertiary/aromatic N) is 1. The van der Waals surface area contributed by atoms with Crippen LogP contribution in [0.2, 0.25) is 0 Å². The molecule has 0 amide bonds. The quantitative estimate of drug-likeness (QED) is 0.0581. The lowest BCUT2D eigenvalue weighted by atomic mass is 10.0. The van der Waals surface area contributed by atoms with Gasteiger partial charge in [-0.3, -0.25) is 0 Å². The van der Waals surface area contributed by atoms with E-state index in [1.54, 1.807) is 0 Å². The molecule has 2 unspecified atom stereocenters. The van der Waals surface area contributed by atoms with Crippen molar-refractivity contribution in [3.8, 4) is 5.75 Å². The summed E-state index contributed by atoms with van der Waals surface area (Å²) in [6, 6.07) is 18.4. The Morgan fingerprint density at radius 1 is 0.707 bits per heavy atom. The van der Waals surface area contributed by atoms with E-state index < -0.39 is 6.29 Å². The minimum Gasteiger partial charge on any atom is -0.455 e. The zero-order valence-electron chi connectivity index (χ0n) is 27.0. The Balaban J connectivity index is 1.78. The maximum absolute atomic E-state index is 13.4. The maximum atomic E-state index is 13.4. The van der Waals surface area contributed by atoms with E-state index in [2.05, 4.69) is 65.2 Å². The topological polar surface area (TPSA) is 35.5 Å². The largest absolute Gasteiger partial charge is 0.455 e. The lowest BCUT2D eigenvalue weighted by Gasteiger charge is -2.36. The van der Waals surface area contributed by atoms with Crippen molar-refractivity contribution in [3.63, 3.8) is 0 Å². The highest BCUT2D eigenvalue weighted by molar-refractivity contribution is 5.74. The Hall–Kier alpha value is -2.33. The van der Waals surface area contributed by atoms with Gasteiger partial charge in [-0.05, 0) is 37.0 Å². The van der Waals surface area contributed by atoms with Gasteiger partial charge in [0.2, 0.25) is 6.29 Å². The van der Waals surface area contributed by atoms with Gasteiger partial charge in [0.1, 0.15) is 12.3 Å². The molecule has 2 aromatic carbocycles. The molecule has 0 aliphatic carbocycles. The molecular weight excluding hydrogens is 506 g/mol. The molecule has 0 saturated heterocycles. The highest BCUT2D eigenvalue weighted by atomic mass is 16.7. The van der Waals surface area contributed by atoms with Crippen molar-refractivity contribution in [2.24, 2.45) is 0 Å². The number of benzene rings is 2. The highest BCUT2D eigenvalue weighted by Gasteiger charge is 2.36. The second kappa shape index (κ2) is 20.5. The Morgan fingerprint density at radius 2 is 1.29 bits per heavy atom. The van der Waals surface area contributed by atoms with E-state index in [9.17, 15) is 4.79 Å².